The molecule has 166 valence electrons. The molecule has 0 spiro atoms. The molecule has 0 unspecified atom stereocenters. The summed E-state index contributed by atoms with van der Waals surface area (Å²) in [6, 6.07) is 17.3. The number of carbonyl (C=O) groups excluding carboxylic acids is 1. The smallest absolute Gasteiger partial charge is 0.255 e. The Morgan fingerprint density at radius 2 is 1.91 bits per heavy atom. The SMILES string of the molecule is C#CCNS(=O)(=O)c1cccc(C(=O)Nc2ccc3nc(Cc4ccccc4F)[nH]c3c2)c1. The number of imidazole rings is 1. The minimum absolute atomic E-state index is 0.0628. The van der Waals surface area contributed by atoms with Gasteiger partial charge in [-0.1, -0.05) is 30.2 Å². The van der Waals surface area contributed by atoms with Crippen molar-refractivity contribution in [2.24, 2.45) is 0 Å². The Kier molecular flexibility index (Phi) is 6.22. The number of benzene rings is 3. The normalized spacial score (nSPS) is 11.3. The van der Waals surface area contributed by atoms with Gasteiger partial charge in [0.2, 0.25) is 10.0 Å². The van der Waals surface area contributed by atoms with Crippen molar-refractivity contribution >= 4 is 32.7 Å². The minimum Gasteiger partial charge on any atom is -0.342 e. The number of rotatable bonds is 7. The second-order valence-electron chi connectivity index (χ2n) is 7.19. The van der Waals surface area contributed by atoms with Gasteiger partial charge in [-0.2, -0.15) is 4.72 Å². The molecule has 3 aromatic carbocycles. The Balaban J connectivity index is 1.52. The fraction of sp³-hybridized carbons (Fsp3) is 0.0833. The molecule has 0 saturated heterocycles. The molecule has 33 heavy (non-hydrogen) atoms. The quantitative estimate of drug-likeness (QED) is 0.366. The third-order valence-corrected chi connectivity index (χ3v) is 6.27. The number of H-pyrrole nitrogens is 1. The number of carbonyl (C=O) groups is 1. The highest BCUT2D eigenvalue weighted by Gasteiger charge is 2.16. The number of halogens is 1. The molecule has 0 atom stereocenters. The van der Waals surface area contributed by atoms with Crippen molar-refractivity contribution in [3.8, 4) is 12.3 Å². The average Bonchev–Trinajstić information content (AvgIpc) is 3.21. The Bertz CT molecular complexity index is 1490. The van der Waals surface area contributed by atoms with Crippen molar-refractivity contribution in [2.45, 2.75) is 11.3 Å². The molecule has 0 aliphatic heterocycles. The highest BCUT2D eigenvalue weighted by molar-refractivity contribution is 7.89. The maximum atomic E-state index is 13.9. The van der Waals surface area contributed by atoms with Crippen molar-refractivity contribution < 1.29 is 17.6 Å². The molecule has 1 aromatic heterocycles. The highest BCUT2D eigenvalue weighted by Crippen LogP contribution is 2.20. The van der Waals surface area contributed by atoms with Crippen LogP contribution in [-0.2, 0) is 16.4 Å². The van der Waals surface area contributed by atoms with Crippen LogP contribution in [0.1, 0.15) is 21.7 Å². The van der Waals surface area contributed by atoms with Gasteiger partial charge in [0.1, 0.15) is 11.6 Å². The van der Waals surface area contributed by atoms with E-state index in [0.29, 0.717) is 34.5 Å². The van der Waals surface area contributed by atoms with Crippen LogP contribution in [0.5, 0.6) is 0 Å². The summed E-state index contributed by atoms with van der Waals surface area (Å²) in [5.74, 6) is 2.01. The van der Waals surface area contributed by atoms with Crippen molar-refractivity contribution in [3.05, 3.63) is 89.5 Å². The number of nitrogens with zero attached hydrogens (tertiary/aromatic N) is 1. The van der Waals surface area contributed by atoms with Crippen LogP contribution in [-0.4, -0.2) is 30.8 Å². The number of sulfonamides is 1. The summed E-state index contributed by atoms with van der Waals surface area (Å²) in [6.45, 7) is -0.151. The molecule has 0 radical (unpaired) electrons. The van der Waals surface area contributed by atoms with Crippen molar-refractivity contribution in [1.82, 2.24) is 14.7 Å². The van der Waals surface area contributed by atoms with E-state index >= 15 is 0 Å². The topological polar surface area (TPSA) is 104 Å². The third-order valence-electron chi connectivity index (χ3n) is 4.88. The summed E-state index contributed by atoms with van der Waals surface area (Å²) in [5.41, 5.74) is 2.54. The summed E-state index contributed by atoms with van der Waals surface area (Å²) in [4.78, 5) is 20.2. The van der Waals surface area contributed by atoms with Gasteiger partial charge in [0.05, 0.1) is 22.5 Å². The molecule has 1 amide bonds. The van der Waals surface area contributed by atoms with Gasteiger partial charge in [-0.3, -0.25) is 4.79 Å². The second kappa shape index (κ2) is 9.24. The lowest BCUT2D eigenvalue weighted by Crippen LogP contribution is -2.24. The molecule has 4 aromatic rings. The molecule has 1 heterocycles. The van der Waals surface area contributed by atoms with Crippen LogP contribution < -0.4 is 10.0 Å². The number of aromatic amines is 1. The maximum Gasteiger partial charge on any atom is 0.255 e. The maximum absolute atomic E-state index is 13.9. The number of nitrogens with one attached hydrogen (secondary N) is 3. The standard InChI is InChI=1S/C24H19FN4O3S/c1-2-12-26-33(31,32)19-8-5-7-17(13-19)24(30)27-18-10-11-21-22(15-18)29-23(28-21)14-16-6-3-4-9-20(16)25/h1,3-11,13,15,26H,12,14H2,(H,27,30)(H,28,29). The van der Waals surface area contributed by atoms with Crippen LogP contribution in [0.15, 0.2) is 71.6 Å². The van der Waals surface area contributed by atoms with Gasteiger partial charge in [-0.25, -0.2) is 17.8 Å². The van der Waals surface area contributed by atoms with Crippen LogP contribution >= 0.6 is 0 Å². The Hall–Kier alpha value is -4.00. The molecule has 0 aliphatic carbocycles. The molecule has 7 nitrogen and oxygen atoms in total. The number of anilines is 1. The molecular formula is C24H19FN4O3S. The van der Waals surface area contributed by atoms with E-state index in [1.54, 1.807) is 36.4 Å². The van der Waals surface area contributed by atoms with Gasteiger partial charge in [0.15, 0.2) is 0 Å². The van der Waals surface area contributed by atoms with Gasteiger partial charge in [0, 0.05) is 17.7 Å². The zero-order valence-electron chi connectivity index (χ0n) is 17.3. The lowest BCUT2D eigenvalue weighted by atomic mass is 10.1. The van der Waals surface area contributed by atoms with Crippen LogP contribution in [0.25, 0.3) is 11.0 Å². The summed E-state index contributed by atoms with van der Waals surface area (Å²) in [7, 11) is -3.82. The number of hydrogen-bond donors (Lipinski definition) is 3. The Labute approximate surface area is 190 Å². The van der Waals surface area contributed by atoms with E-state index in [-0.39, 0.29) is 22.8 Å². The number of aromatic nitrogens is 2. The van der Waals surface area contributed by atoms with Gasteiger partial charge in [-0.05, 0) is 48.0 Å². The molecule has 0 fully saturated rings. The average molecular weight is 463 g/mol. The lowest BCUT2D eigenvalue weighted by molar-refractivity contribution is 0.102. The largest absolute Gasteiger partial charge is 0.342 e. The number of hydrogen-bond acceptors (Lipinski definition) is 4. The summed E-state index contributed by atoms with van der Waals surface area (Å²) in [5, 5.41) is 2.75. The first kappa shape index (κ1) is 22.2. The monoisotopic (exact) mass is 462 g/mol. The zero-order valence-corrected chi connectivity index (χ0v) is 18.1. The molecule has 3 N–H and O–H groups in total. The molecule has 0 saturated carbocycles. The van der Waals surface area contributed by atoms with E-state index in [2.05, 4.69) is 25.9 Å². The van der Waals surface area contributed by atoms with Crippen LogP contribution in [0.2, 0.25) is 0 Å². The van der Waals surface area contributed by atoms with Gasteiger partial charge in [0.25, 0.3) is 5.91 Å². The van der Waals surface area contributed by atoms with E-state index in [0.717, 1.165) is 0 Å². The first-order valence-electron chi connectivity index (χ1n) is 9.92. The van der Waals surface area contributed by atoms with Gasteiger partial charge in [-0.15, -0.1) is 6.42 Å². The van der Waals surface area contributed by atoms with Crippen molar-refractivity contribution in [2.75, 3.05) is 11.9 Å². The van der Waals surface area contributed by atoms with Gasteiger partial charge < -0.3 is 10.3 Å². The molecule has 4 rings (SSSR count). The van der Waals surface area contributed by atoms with E-state index < -0.39 is 15.9 Å². The number of amides is 1. The molecule has 0 aliphatic rings. The Morgan fingerprint density at radius 3 is 2.70 bits per heavy atom. The zero-order chi connectivity index (χ0) is 23.4. The summed E-state index contributed by atoms with van der Waals surface area (Å²) in [6.07, 6.45) is 5.40. The van der Waals surface area contributed by atoms with E-state index in [1.165, 1.54) is 30.3 Å². The molecule has 9 heteroatoms. The van der Waals surface area contributed by atoms with Gasteiger partial charge >= 0.3 is 0 Å². The predicted octanol–water partition coefficient (Wildman–Crippen LogP) is 3.46. The summed E-state index contributed by atoms with van der Waals surface area (Å²) < 4.78 is 40.7. The lowest BCUT2D eigenvalue weighted by Gasteiger charge is -2.08. The third kappa shape index (κ3) is 5.09. The van der Waals surface area contributed by atoms with Crippen LogP contribution in [0.3, 0.4) is 0 Å². The first-order valence-corrected chi connectivity index (χ1v) is 11.4. The fourth-order valence-electron chi connectivity index (χ4n) is 3.27. The van der Waals surface area contributed by atoms with Crippen LogP contribution in [0, 0.1) is 18.2 Å². The van der Waals surface area contributed by atoms with E-state index in [1.807, 2.05) is 0 Å². The van der Waals surface area contributed by atoms with Crippen molar-refractivity contribution in [1.29, 1.82) is 0 Å². The summed E-state index contributed by atoms with van der Waals surface area (Å²) >= 11 is 0. The van der Waals surface area contributed by atoms with E-state index in [4.69, 9.17) is 6.42 Å². The number of fused-ring (bicyclic) bond motifs is 1. The van der Waals surface area contributed by atoms with Crippen molar-refractivity contribution in [3.63, 3.8) is 0 Å². The molecule has 0 bridgehead atoms. The first-order chi connectivity index (χ1) is 15.9. The minimum atomic E-state index is -3.82. The second-order valence-corrected chi connectivity index (χ2v) is 8.96. The van der Waals surface area contributed by atoms with E-state index in [9.17, 15) is 17.6 Å². The molecular weight excluding hydrogens is 443 g/mol. The number of terminal acetylenes is 1. The predicted molar refractivity (Wildman–Crippen MR) is 124 cm³/mol. The fourth-order valence-corrected chi connectivity index (χ4v) is 4.25. The highest BCUT2D eigenvalue weighted by atomic mass is 32.2. The Morgan fingerprint density at radius 1 is 1.09 bits per heavy atom. The van der Waals surface area contributed by atoms with Crippen LogP contribution in [0.4, 0.5) is 10.1 Å².